The molecule has 3 heterocycles. The average molecular weight is 347 g/mol. The zero-order valence-corrected chi connectivity index (χ0v) is 12.7. The Bertz CT molecular complexity index is 756. The average Bonchev–Trinajstić information content (AvgIpc) is 2.76. The highest BCUT2D eigenvalue weighted by Gasteiger charge is 2.64. The summed E-state index contributed by atoms with van der Waals surface area (Å²) in [6, 6.07) is 1.82. The molecule has 0 aliphatic carbocycles. The number of carboxylic acid groups (broad SMARTS) is 1. The number of aromatic nitrogens is 2. The maximum Gasteiger partial charge on any atom is 0.420 e. The SMILES string of the molecule is Cc1cc2c(N3CC(OCC(=O)O)(C(F)(F)F)C3)ncnc2s1. The van der Waals surface area contributed by atoms with Gasteiger partial charge in [-0.2, -0.15) is 13.2 Å². The number of carboxylic acids is 1. The van der Waals surface area contributed by atoms with Crippen molar-refractivity contribution in [1.82, 2.24) is 9.97 Å². The summed E-state index contributed by atoms with van der Waals surface area (Å²) in [5, 5.41) is 9.25. The highest BCUT2D eigenvalue weighted by Crippen LogP contribution is 2.44. The summed E-state index contributed by atoms with van der Waals surface area (Å²) < 4.78 is 44.4. The molecule has 23 heavy (non-hydrogen) atoms. The number of hydrogen-bond acceptors (Lipinski definition) is 6. The van der Waals surface area contributed by atoms with Crippen LogP contribution in [0.1, 0.15) is 4.88 Å². The first-order chi connectivity index (χ1) is 10.7. The predicted octanol–water partition coefficient (Wildman–Crippen LogP) is 2.22. The molecule has 0 bridgehead atoms. The van der Waals surface area contributed by atoms with Crippen molar-refractivity contribution in [2.45, 2.75) is 18.7 Å². The van der Waals surface area contributed by atoms with Crippen LogP contribution in [0, 0.1) is 6.92 Å². The lowest BCUT2D eigenvalue weighted by atomic mass is 9.92. The van der Waals surface area contributed by atoms with Gasteiger partial charge in [-0.15, -0.1) is 11.3 Å². The maximum atomic E-state index is 13.2. The van der Waals surface area contributed by atoms with E-state index in [1.807, 2.05) is 13.0 Å². The Morgan fingerprint density at radius 2 is 2.17 bits per heavy atom. The summed E-state index contributed by atoms with van der Waals surface area (Å²) in [5.74, 6) is -1.04. The van der Waals surface area contributed by atoms with Crippen LogP contribution in [-0.2, 0) is 9.53 Å². The molecule has 6 nitrogen and oxygen atoms in total. The largest absolute Gasteiger partial charge is 0.480 e. The topological polar surface area (TPSA) is 75.5 Å². The third kappa shape index (κ3) is 2.72. The van der Waals surface area contributed by atoms with Crippen LogP contribution in [0.25, 0.3) is 10.2 Å². The molecule has 2 aromatic rings. The zero-order chi connectivity index (χ0) is 16.8. The van der Waals surface area contributed by atoms with Gasteiger partial charge in [0.2, 0.25) is 0 Å². The van der Waals surface area contributed by atoms with Gasteiger partial charge in [0, 0.05) is 4.88 Å². The Morgan fingerprint density at radius 3 is 2.78 bits per heavy atom. The van der Waals surface area contributed by atoms with Gasteiger partial charge in [-0.25, -0.2) is 14.8 Å². The lowest BCUT2D eigenvalue weighted by Crippen LogP contribution is -2.71. The van der Waals surface area contributed by atoms with E-state index in [1.54, 1.807) is 0 Å². The van der Waals surface area contributed by atoms with Crippen LogP contribution in [0.5, 0.6) is 0 Å². The zero-order valence-electron chi connectivity index (χ0n) is 11.9. The van der Waals surface area contributed by atoms with E-state index in [-0.39, 0.29) is 0 Å². The van der Waals surface area contributed by atoms with Crippen molar-refractivity contribution in [2.75, 3.05) is 24.6 Å². The molecular weight excluding hydrogens is 335 g/mol. The summed E-state index contributed by atoms with van der Waals surface area (Å²) >= 11 is 1.43. The van der Waals surface area contributed by atoms with Crippen LogP contribution >= 0.6 is 11.3 Å². The van der Waals surface area contributed by atoms with Crippen molar-refractivity contribution in [3.63, 3.8) is 0 Å². The van der Waals surface area contributed by atoms with Gasteiger partial charge in [0.15, 0.2) is 5.60 Å². The van der Waals surface area contributed by atoms with Gasteiger partial charge >= 0.3 is 12.1 Å². The van der Waals surface area contributed by atoms with E-state index in [0.717, 1.165) is 4.88 Å². The molecule has 1 aliphatic rings. The number of aryl methyl sites for hydroxylation is 1. The molecule has 1 N–H and O–H groups in total. The van der Waals surface area contributed by atoms with Gasteiger partial charge in [0.1, 0.15) is 23.6 Å². The normalized spacial score (nSPS) is 17.3. The van der Waals surface area contributed by atoms with E-state index in [9.17, 15) is 18.0 Å². The summed E-state index contributed by atoms with van der Waals surface area (Å²) in [7, 11) is 0. The first kappa shape index (κ1) is 15.9. The fourth-order valence-corrected chi connectivity index (χ4v) is 3.33. The first-order valence-electron chi connectivity index (χ1n) is 6.60. The number of fused-ring (bicyclic) bond motifs is 1. The van der Waals surface area contributed by atoms with Crippen molar-refractivity contribution in [1.29, 1.82) is 0 Å². The van der Waals surface area contributed by atoms with Gasteiger partial charge in [-0.3, -0.25) is 0 Å². The number of carbonyl (C=O) groups is 1. The molecule has 0 spiro atoms. The predicted molar refractivity (Wildman–Crippen MR) is 76.7 cm³/mol. The lowest BCUT2D eigenvalue weighted by molar-refractivity contribution is -0.284. The number of aliphatic carboxylic acids is 1. The number of ether oxygens (including phenoxy) is 1. The number of halogens is 3. The molecule has 0 aromatic carbocycles. The molecule has 0 unspecified atom stereocenters. The lowest BCUT2D eigenvalue weighted by Gasteiger charge is -2.50. The van der Waals surface area contributed by atoms with Crippen LogP contribution in [-0.4, -0.2) is 52.5 Å². The fourth-order valence-electron chi connectivity index (χ4n) is 2.49. The van der Waals surface area contributed by atoms with E-state index >= 15 is 0 Å². The number of rotatable bonds is 4. The van der Waals surface area contributed by atoms with Gasteiger partial charge in [0.25, 0.3) is 0 Å². The number of nitrogens with zero attached hydrogens (tertiary/aromatic N) is 3. The van der Waals surface area contributed by atoms with Crippen LogP contribution in [0.15, 0.2) is 12.4 Å². The highest BCUT2D eigenvalue weighted by molar-refractivity contribution is 7.18. The van der Waals surface area contributed by atoms with E-state index in [1.165, 1.54) is 22.6 Å². The summed E-state index contributed by atoms with van der Waals surface area (Å²) in [6.45, 7) is -0.109. The quantitative estimate of drug-likeness (QED) is 0.914. The molecule has 0 saturated carbocycles. The minimum absolute atomic E-state index is 0.401. The Kier molecular flexibility index (Phi) is 3.68. The van der Waals surface area contributed by atoms with Crippen LogP contribution in [0.4, 0.5) is 19.0 Å². The van der Waals surface area contributed by atoms with Gasteiger partial charge in [-0.05, 0) is 13.0 Å². The molecule has 3 rings (SSSR count). The summed E-state index contributed by atoms with van der Waals surface area (Å²) in [5.41, 5.74) is -2.48. The van der Waals surface area contributed by atoms with Gasteiger partial charge < -0.3 is 14.7 Å². The van der Waals surface area contributed by atoms with E-state index < -0.39 is 37.4 Å². The molecule has 1 fully saturated rings. The Labute approximate surface area is 132 Å². The molecular formula is C13H12F3N3O3S. The van der Waals surface area contributed by atoms with E-state index in [0.29, 0.717) is 16.0 Å². The monoisotopic (exact) mass is 347 g/mol. The van der Waals surface area contributed by atoms with Crippen LogP contribution in [0.2, 0.25) is 0 Å². The smallest absolute Gasteiger partial charge is 0.420 e. The number of anilines is 1. The number of alkyl halides is 3. The second-order valence-corrected chi connectivity index (χ2v) is 6.54. The van der Waals surface area contributed by atoms with Crippen LogP contribution < -0.4 is 4.90 Å². The van der Waals surface area contributed by atoms with Crippen molar-refractivity contribution in [3.8, 4) is 0 Å². The van der Waals surface area contributed by atoms with Crippen molar-refractivity contribution in [2.24, 2.45) is 0 Å². The molecule has 1 saturated heterocycles. The van der Waals surface area contributed by atoms with Crippen molar-refractivity contribution in [3.05, 3.63) is 17.3 Å². The standard InChI is InChI=1S/C13H12F3N3O3S/c1-7-2-8-10(17-6-18-11(8)23-7)19-4-12(5-19,13(14,15)16)22-3-9(20)21/h2,6H,3-5H2,1H3,(H,20,21). The van der Waals surface area contributed by atoms with Gasteiger partial charge in [-0.1, -0.05) is 0 Å². The minimum Gasteiger partial charge on any atom is -0.480 e. The Morgan fingerprint density at radius 1 is 1.48 bits per heavy atom. The third-order valence-electron chi connectivity index (χ3n) is 3.61. The molecule has 0 amide bonds. The summed E-state index contributed by atoms with van der Waals surface area (Å²) in [4.78, 5) is 21.8. The summed E-state index contributed by atoms with van der Waals surface area (Å²) in [6.07, 6.45) is -3.35. The van der Waals surface area contributed by atoms with Gasteiger partial charge in [0.05, 0.1) is 18.5 Å². The molecule has 1 aliphatic heterocycles. The van der Waals surface area contributed by atoms with E-state index in [2.05, 4.69) is 14.7 Å². The minimum atomic E-state index is -4.66. The molecule has 2 aromatic heterocycles. The highest BCUT2D eigenvalue weighted by atomic mass is 32.1. The van der Waals surface area contributed by atoms with Crippen LogP contribution in [0.3, 0.4) is 0 Å². The molecule has 0 radical (unpaired) electrons. The van der Waals surface area contributed by atoms with Crippen molar-refractivity contribution < 1.29 is 27.8 Å². The Balaban J connectivity index is 1.86. The Hall–Kier alpha value is -1.94. The fraction of sp³-hybridized carbons (Fsp3) is 0.462. The molecule has 0 atom stereocenters. The second-order valence-electron chi connectivity index (χ2n) is 5.30. The number of hydrogen-bond donors (Lipinski definition) is 1. The molecule has 124 valence electrons. The third-order valence-corrected chi connectivity index (χ3v) is 4.57. The molecule has 10 heteroatoms. The van der Waals surface area contributed by atoms with E-state index in [4.69, 9.17) is 5.11 Å². The maximum absolute atomic E-state index is 13.2. The second kappa shape index (κ2) is 5.31. The first-order valence-corrected chi connectivity index (χ1v) is 7.42. The van der Waals surface area contributed by atoms with Crippen molar-refractivity contribution >= 4 is 33.3 Å². The number of thiophene rings is 1.